The van der Waals surface area contributed by atoms with Crippen LogP contribution in [0.15, 0.2) is 41.6 Å². The number of hydrogen-bond acceptors (Lipinski definition) is 8. The summed E-state index contributed by atoms with van der Waals surface area (Å²) in [4.78, 5) is 21.1. The zero-order chi connectivity index (χ0) is 25.3. The standard InChI is InChI=1S/C19H15F5N4O4S2/c1-2-34(31,32)12-5-4-11(15-25-6-3-7-26-15)28-16(12)27-9-10-8-13(33-14(10)17(29)30)18(20,21)19(22,23)24/h3-8H,2,9H2,1H3,(H,27,28)(H,29,30). The van der Waals surface area contributed by atoms with E-state index in [9.17, 15) is 40.3 Å². The molecule has 0 aliphatic carbocycles. The van der Waals surface area contributed by atoms with Gasteiger partial charge in [-0.25, -0.2) is 28.2 Å². The Morgan fingerprint density at radius 1 is 1.15 bits per heavy atom. The topological polar surface area (TPSA) is 122 Å². The first-order valence-corrected chi connectivity index (χ1v) is 11.8. The van der Waals surface area contributed by atoms with Gasteiger partial charge in [0.05, 0.1) is 10.6 Å². The lowest BCUT2D eigenvalue weighted by atomic mass is 10.2. The third kappa shape index (κ3) is 4.99. The van der Waals surface area contributed by atoms with Crippen LogP contribution in [0.25, 0.3) is 11.5 Å². The summed E-state index contributed by atoms with van der Waals surface area (Å²) in [5, 5.41) is 11.8. The Kier molecular flexibility index (Phi) is 6.89. The first-order chi connectivity index (χ1) is 15.8. The molecule has 0 amide bonds. The van der Waals surface area contributed by atoms with Crippen molar-refractivity contribution in [2.24, 2.45) is 0 Å². The summed E-state index contributed by atoms with van der Waals surface area (Å²) < 4.78 is 90.7. The quantitative estimate of drug-likeness (QED) is 0.419. The molecule has 3 heterocycles. The summed E-state index contributed by atoms with van der Waals surface area (Å²) in [6, 6.07) is 4.52. The van der Waals surface area contributed by atoms with Gasteiger partial charge in [0, 0.05) is 18.9 Å². The van der Waals surface area contributed by atoms with E-state index in [0.29, 0.717) is 6.07 Å². The minimum absolute atomic E-state index is 0.139. The van der Waals surface area contributed by atoms with E-state index in [1.807, 2.05) is 0 Å². The van der Waals surface area contributed by atoms with Crippen molar-refractivity contribution >= 4 is 33.0 Å². The Balaban J connectivity index is 2.03. The Bertz CT molecular complexity index is 1310. The normalized spacial score (nSPS) is 12.5. The number of sulfone groups is 1. The lowest BCUT2D eigenvalue weighted by molar-refractivity contribution is -0.287. The van der Waals surface area contributed by atoms with Gasteiger partial charge in [0.25, 0.3) is 0 Å². The third-order valence-corrected chi connectivity index (χ3v) is 7.48. The maximum absolute atomic E-state index is 13.8. The molecule has 3 aromatic rings. The van der Waals surface area contributed by atoms with Gasteiger partial charge in [-0.05, 0) is 29.8 Å². The second-order valence-corrected chi connectivity index (χ2v) is 10.0. The largest absolute Gasteiger partial charge is 0.477 e. The van der Waals surface area contributed by atoms with Gasteiger partial charge in [0.1, 0.15) is 21.3 Å². The number of pyridine rings is 1. The van der Waals surface area contributed by atoms with Crippen molar-refractivity contribution in [3.05, 3.63) is 52.0 Å². The van der Waals surface area contributed by atoms with E-state index < -0.39 is 49.8 Å². The molecule has 2 N–H and O–H groups in total. The van der Waals surface area contributed by atoms with E-state index in [1.54, 1.807) is 0 Å². The molecule has 0 fully saturated rings. The van der Waals surface area contributed by atoms with Crippen molar-refractivity contribution in [2.75, 3.05) is 11.1 Å². The number of carboxylic acid groups (broad SMARTS) is 1. The minimum atomic E-state index is -5.92. The number of anilines is 1. The molecule has 0 unspecified atom stereocenters. The molecular weight excluding hydrogens is 507 g/mol. The molecule has 0 atom stereocenters. The SMILES string of the molecule is CCS(=O)(=O)c1ccc(-c2ncccn2)nc1NCc1cc(C(F)(F)C(F)(F)F)sc1C(=O)O. The number of carbonyl (C=O) groups is 1. The number of halogens is 5. The van der Waals surface area contributed by atoms with E-state index in [-0.39, 0.29) is 39.3 Å². The number of nitrogens with one attached hydrogen (secondary N) is 1. The number of hydrogen-bond donors (Lipinski definition) is 2. The number of aromatic carboxylic acids is 1. The number of thiophene rings is 1. The van der Waals surface area contributed by atoms with Gasteiger partial charge in [0.15, 0.2) is 15.7 Å². The average molecular weight is 522 g/mol. The Labute approximate surface area is 193 Å². The summed E-state index contributed by atoms with van der Waals surface area (Å²) in [6.45, 7) is 0.782. The third-order valence-electron chi connectivity index (χ3n) is 4.48. The van der Waals surface area contributed by atoms with Gasteiger partial charge in [-0.3, -0.25) is 0 Å². The van der Waals surface area contributed by atoms with Crippen LogP contribution in [0, 0.1) is 0 Å². The van der Waals surface area contributed by atoms with Crippen LogP contribution in [0.2, 0.25) is 0 Å². The smallest absolute Gasteiger partial charge is 0.458 e. The lowest BCUT2D eigenvalue weighted by Crippen LogP contribution is -2.32. The molecule has 0 aliphatic rings. The number of nitrogens with zero attached hydrogens (tertiary/aromatic N) is 3. The zero-order valence-electron chi connectivity index (χ0n) is 17.1. The first-order valence-electron chi connectivity index (χ1n) is 9.34. The molecular formula is C19H15F5N4O4S2. The van der Waals surface area contributed by atoms with Gasteiger partial charge in [-0.1, -0.05) is 6.92 Å². The van der Waals surface area contributed by atoms with Crippen LogP contribution in [-0.4, -0.2) is 46.4 Å². The van der Waals surface area contributed by atoms with Crippen molar-refractivity contribution in [2.45, 2.75) is 30.5 Å². The lowest BCUT2D eigenvalue weighted by Gasteiger charge is -2.17. The second-order valence-electron chi connectivity index (χ2n) is 6.71. The highest BCUT2D eigenvalue weighted by atomic mass is 32.2. The van der Waals surface area contributed by atoms with Crippen LogP contribution in [0.1, 0.15) is 27.0 Å². The maximum Gasteiger partial charge on any atom is 0.458 e. The van der Waals surface area contributed by atoms with E-state index in [0.717, 1.165) is 0 Å². The molecule has 0 saturated carbocycles. The van der Waals surface area contributed by atoms with E-state index >= 15 is 0 Å². The van der Waals surface area contributed by atoms with Crippen molar-refractivity contribution < 1.29 is 40.3 Å². The van der Waals surface area contributed by atoms with Gasteiger partial charge >= 0.3 is 18.1 Å². The fourth-order valence-electron chi connectivity index (χ4n) is 2.75. The highest BCUT2D eigenvalue weighted by Crippen LogP contribution is 2.47. The molecule has 0 aromatic carbocycles. The second kappa shape index (κ2) is 9.21. The molecule has 0 saturated heterocycles. The van der Waals surface area contributed by atoms with Crippen LogP contribution in [0.3, 0.4) is 0 Å². The monoisotopic (exact) mass is 522 g/mol. The summed E-state index contributed by atoms with van der Waals surface area (Å²) in [5.74, 6) is -7.42. The van der Waals surface area contributed by atoms with Crippen LogP contribution in [0.5, 0.6) is 0 Å². The summed E-state index contributed by atoms with van der Waals surface area (Å²) >= 11 is -0.217. The molecule has 0 spiro atoms. The first kappa shape index (κ1) is 25.4. The zero-order valence-corrected chi connectivity index (χ0v) is 18.7. The molecule has 34 heavy (non-hydrogen) atoms. The summed E-state index contributed by atoms with van der Waals surface area (Å²) in [5.41, 5.74) is -0.259. The summed E-state index contributed by atoms with van der Waals surface area (Å²) in [6.07, 6.45) is -3.09. The summed E-state index contributed by atoms with van der Waals surface area (Å²) in [7, 11) is -3.84. The van der Waals surface area contributed by atoms with Crippen LogP contribution < -0.4 is 5.32 Å². The molecule has 0 radical (unpaired) electrons. The number of rotatable bonds is 8. The van der Waals surface area contributed by atoms with E-state index in [1.165, 1.54) is 37.5 Å². The molecule has 0 aliphatic heterocycles. The fourth-order valence-corrected chi connectivity index (χ4v) is 4.76. The molecule has 3 rings (SSSR count). The van der Waals surface area contributed by atoms with Gasteiger partial charge < -0.3 is 10.4 Å². The van der Waals surface area contributed by atoms with Crippen molar-refractivity contribution in [3.63, 3.8) is 0 Å². The molecule has 182 valence electrons. The Morgan fingerprint density at radius 2 is 1.79 bits per heavy atom. The Morgan fingerprint density at radius 3 is 2.35 bits per heavy atom. The van der Waals surface area contributed by atoms with E-state index in [4.69, 9.17) is 0 Å². The van der Waals surface area contributed by atoms with Crippen LogP contribution >= 0.6 is 11.3 Å². The van der Waals surface area contributed by atoms with Gasteiger partial charge in [-0.2, -0.15) is 22.0 Å². The molecule has 3 aromatic heterocycles. The van der Waals surface area contributed by atoms with Gasteiger partial charge in [0.2, 0.25) is 0 Å². The minimum Gasteiger partial charge on any atom is -0.477 e. The van der Waals surface area contributed by atoms with Crippen molar-refractivity contribution in [1.29, 1.82) is 0 Å². The van der Waals surface area contributed by atoms with E-state index in [2.05, 4.69) is 20.3 Å². The van der Waals surface area contributed by atoms with Crippen molar-refractivity contribution in [1.82, 2.24) is 15.0 Å². The number of aromatic nitrogens is 3. The number of carboxylic acids is 1. The van der Waals surface area contributed by atoms with Crippen molar-refractivity contribution in [3.8, 4) is 11.5 Å². The fraction of sp³-hybridized carbons (Fsp3) is 0.263. The molecule has 15 heteroatoms. The molecule has 0 bridgehead atoms. The average Bonchev–Trinajstić information content (AvgIpc) is 3.23. The number of alkyl halides is 5. The predicted molar refractivity (Wildman–Crippen MR) is 112 cm³/mol. The van der Waals surface area contributed by atoms with Crippen LogP contribution in [-0.2, 0) is 22.3 Å². The highest BCUT2D eigenvalue weighted by Gasteiger charge is 2.60. The maximum atomic E-state index is 13.8. The van der Waals surface area contributed by atoms with Crippen LogP contribution in [0.4, 0.5) is 27.8 Å². The Hall–Kier alpha value is -3.20. The highest BCUT2D eigenvalue weighted by molar-refractivity contribution is 7.91. The van der Waals surface area contributed by atoms with Gasteiger partial charge in [-0.15, -0.1) is 11.3 Å². The molecule has 8 nitrogen and oxygen atoms in total. The predicted octanol–water partition coefficient (Wildman–Crippen LogP) is 4.36.